The molecular weight excluding hydrogens is 379 g/mol. The smallest absolute Gasteiger partial charge is 0.282 e. The molecule has 0 unspecified atom stereocenters. The van der Waals surface area contributed by atoms with Crippen molar-refractivity contribution < 1.29 is 19.1 Å². The van der Waals surface area contributed by atoms with Crippen molar-refractivity contribution >= 4 is 46.8 Å². The number of nitrogens with one attached hydrogen (secondary N) is 1. The van der Waals surface area contributed by atoms with Gasteiger partial charge in [-0.1, -0.05) is 29.3 Å². The SMILES string of the molecule is COc1ccc(/C=C2/C(=O)NN(c3ccc(Cl)c(Cl)c3)C2=O)cc1OC. The molecule has 1 aliphatic rings. The standard InChI is InChI=1S/C18H14Cl2N2O4/c1-25-15-6-3-10(8-16(15)26-2)7-12-17(23)21-22(18(12)24)11-4-5-13(19)14(20)9-11/h3-9H,1-2H3,(H,21,23)/b12-7-. The number of carbonyl (C=O) groups is 2. The predicted molar refractivity (Wildman–Crippen MR) is 99.6 cm³/mol. The molecule has 1 saturated heterocycles. The van der Waals surface area contributed by atoms with E-state index < -0.39 is 11.8 Å². The van der Waals surface area contributed by atoms with Crippen LogP contribution in [0.2, 0.25) is 10.0 Å². The van der Waals surface area contributed by atoms with Gasteiger partial charge in [0.2, 0.25) is 0 Å². The molecule has 0 atom stereocenters. The van der Waals surface area contributed by atoms with Crippen LogP contribution in [-0.2, 0) is 9.59 Å². The minimum atomic E-state index is -0.518. The molecule has 0 saturated carbocycles. The third-order valence-electron chi connectivity index (χ3n) is 3.77. The van der Waals surface area contributed by atoms with Crippen molar-refractivity contribution in [1.82, 2.24) is 5.43 Å². The molecule has 0 aliphatic carbocycles. The van der Waals surface area contributed by atoms with Gasteiger partial charge in [-0.3, -0.25) is 15.0 Å². The van der Waals surface area contributed by atoms with Crippen LogP contribution in [0.5, 0.6) is 11.5 Å². The quantitative estimate of drug-likeness (QED) is 0.638. The summed E-state index contributed by atoms with van der Waals surface area (Å²) in [6, 6.07) is 9.73. The second kappa shape index (κ2) is 7.27. The third kappa shape index (κ3) is 3.34. The van der Waals surface area contributed by atoms with Crippen molar-refractivity contribution in [2.45, 2.75) is 0 Å². The molecule has 26 heavy (non-hydrogen) atoms. The fourth-order valence-corrected chi connectivity index (χ4v) is 2.76. The minimum Gasteiger partial charge on any atom is -0.493 e. The van der Waals surface area contributed by atoms with Gasteiger partial charge < -0.3 is 9.47 Å². The van der Waals surface area contributed by atoms with E-state index in [9.17, 15) is 9.59 Å². The first kappa shape index (κ1) is 18.1. The maximum Gasteiger partial charge on any atom is 0.282 e. The number of hydrogen-bond acceptors (Lipinski definition) is 4. The number of hydrazine groups is 1. The lowest BCUT2D eigenvalue weighted by molar-refractivity contribution is -0.117. The van der Waals surface area contributed by atoms with E-state index in [0.29, 0.717) is 27.8 Å². The molecule has 0 bridgehead atoms. The highest BCUT2D eigenvalue weighted by Gasteiger charge is 2.34. The number of rotatable bonds is 4. The molecule has 2 aromatic rings. The number of amides is 2. The molecule has 1 heterocycles. The van der Waals surface area contributed by atoms with Crippen LogP contribution in [0, 0.1) is 0 Å². The molecule has 1 N–H and O–H groups in total. The van der Waals surface area contributed by atoms with Gasteiger partial charge in [-0.05, 0) is 42.0 Å². The number of halogens is 2. The molecule has 8 heteroatoms. The minimum absolute atomic E-state index is 0.0108. The summed E-state index contributed by atoms with van der Waals surface area (Å²) < 4.78 is 10.4. The van der Waals surface area contributed by atoms with Crippen LogP contribution < -0.4 is 19.9 Å². The number of nitrogens with zero attached hydrogens (tertiary/aromatic N) is 1. The van der Waals surface area contributed by atoms with Crippen LogP contribution in [0.15, 0.2) is 42.0 Å². The molecule has 0 spiro atoms. The summed E-state index contributed by atoms with van der Waals surface area (Å²) in [4.78, 5) is 24.9. The van der Waals surface area contributed by atoms with Crippen molar-refractivity contribution in [3.63, 3.8) is 0 Å². The van der Waals surface area contributed by atoms with Crippen LogP contribution in [0.4, 0.5) is 5.69 Å². The zero-order valence-corrected chi connectivity index (χ0v) is 15.4. The van der Waals surface area contributed by atoms with Gasteiger partial charge in [0.25, 0.3) is 11.8 Å². The lowest BCUT2D eigenvalue weighted by Crippen LogP contribution is -2.35. The Morgan fingerprint density at radius 3 is 2.35 bits per heavy atom. The van der Waals surface area contributed by atoms with Gasteiger partial charge in [0.1, 0.15) is 5.57 Å². The Kier molecular flexibility index (Phi) is 5.06. The maximum absolute atomic E-state index is 12.6. The summed E-state index contributed by atoms with van der Waals surface area (Å²) >= 11 is 11.9. The highest BCUT2D eigenvalue weighted by atomic mass is 35.5. The average molecular weight is 393 g/mol. The summed E-state index contributed by atoms with van der Waals surface area (Å²) in [7, 11) is 3.03. The number of benzene rings is 2. The summed E-state index contributed by atoms with van der Waals surface area (Å²) in [5.74, 6) is 0.0300. The lowest BCUT2D eigenvalue weighted by Gasteiger charge is -2.15. The zero-order valence-electron chi connectivity index (χ0n) is 13.9. The van der Waals surface area contributed by atoms with E-state index in [0.717, 1.165) is 5.01 Å². The Morgan fingerprint density at radius 2 is 1.69 bits per heavy atom. The molecule has 1 fully saturated rings. The van der Waals surface area contributed by atoms with Crippen LogP contribution in [-0.4, -0.2) is 26.0 Å². The zero-order chi connectivity index (χ0) is 18.8. The number of hydrogen-bond donors (Lipinski definition) is 1. The highest BCUT2D eigenvalue weighted by molar-refractivity contribution is 6.42. The normalized spacial score (nSPS) is 15.4. The first-order valence-corrected chi connectivity index (χ1v) is 8.24. The number of methoxy groups -OCH3 is 2. The van der Waals surface area contributed by atoms with Crippen LogP contribution in [0.3, 0.4) is 0 Å². The third-order valence-corrected chi connectivity index (χ3v) is 4.51. The van der Waals surface area contributed by atoms with E-state index in [4.69, 9.17) is 32.7 Å². The molecule has 0 aromatic heterocycles. The van der Waals surface area contributed by atoms with E-state index in [1.165, 1.54) is 26.4 Å². The van der Waals surface area contributed by atoms with Gasteiger partial charge in [-0.2, -0.15) is 0 Å². The number of anilines is 1. The topological polar surface area (TPSA) is 67.9 Å². The van der Waals surface area contributed by atoms with Gasteiger partial charge in [0.05, 0.1) is 30.0 Å². The van der Waals surface area contributed by atoms with E-state index in [1.54, 1.807) is 30.3 Å². The van der Waals surface area contributed by atoms with Crippen molar-refractivity contribution in [2.75, 3.05) is 19.2 Å². The molecule has 0 radical (unpaired) electrons. The predicted octanol–water partition coefficient (Wildman–Crippen LogP) is 3.47. The molecule has 134 valence electrons. The van der Waals surface area contributed by atoms with Gasteiger partial charge in [-0.15, -0.1) is 0 Å². The summed E-state index contributed by atoms with van der Waals surface area (Å²) in [5.41, 5.74) is 3.53. The fraction of sp³-hybridized carbons (Fsp3) is 0.111. The van der Waals surface area contributed by atoms with E-state index >= 15 is 0 Å². The first-order chi connectivity index (χ1) is 12.4. The average Bonchev–Trinajstić information content (AvgIpc) is 2.92. The Labute approximate surface area is 159 Å². The second-order valence-corrected chi connectivity index (χ2v) is 6.17. The van der Waals surface area contributed by atoms with Gasteiger partial charge in [0.15, 0.2) is 11.5 Å². The van der Waals surface area contributed by atoms with Crippen LogP contribution in [0.25, 0.3) is 6.08 Å². The van der Waals surface area contributed by atoms with Gasteiger partial charge in [0, 0.05) is 0 Å². The van der Waals surface area contributed by atoms with Crippen LogP contribution >= 0.6 is 23.2 Å². The molecule has 3 rings (SSSR count). The van der Waals surface area contributed by atoms with Crippen molar-refractivity contribution in [3.05, 3.63) is 57.6 Å². The Bertz CT molecular complexity index is 927. The van der Waals surface area contributed by atoms with E-state index in [-0.39, 0.29) is 10.6 Å². The van der Waals surface area contributed by atoms with Crippen molar-refractivity contribution in [3.8, 4) is 11.5 Å². The van der Waals surface area contributed by atoms with Crippen molar-refractivity contribution in [1.29, 1.82) is 0 Å². The highest BCUT2D eigenvalue weighted by Crippen LogP contribution is 2.31. The van der Waals surface area contributed by atoms with Gasteiger partial charge >= 0.3 is 0 Å². The molecule has 2 amide bonds. The summed E-state index contributed by atoms with van der Waals surface area (Å²) in [6.07, 6.45) is 1.48. The molecule has 6 nitrogen and oxygen atoms in total. The first-order valence-electron chi connectivity index (χ1n) is 7.49. The number of ether oxygens (including phenoxy) is 2. The number of carbonyl (C=O) groups excluding carboxylic acids is 2. The molecule has 2 aromatic carbocycles. The largest absolute Gasteiger partial charge is 0.493 e. The second-order valence-electron chi connectivity index (χ2n) is 5.35. The summed E-state index contributed by atoms with van der Waals surface area (Å²) in [5, 5.41) is 1.76. The van der Waals surface area contributed by atoms with Crippen LogP contribution in [0.1, 0.15) is 5.56 Å². The monoisotopic (exact) mass is 392 g/mol. The molecular formula is C18H14Cl2N2O4. The van der Waals surface area contributed by atoms with E-state index in [1.807, 2.05) is 0 Å². The summed E-state index contributed by atoms with van der Waals surface area (Å²) in [6.45, 7) is 0. The lowest BCUT2D eigenvalue weighted by atomic mass is 10.1. The Hall–Kier alpha value is -2.70. The van der Waals surface area contributed by atoms with Crippen molar-refractivity contribution in [2.24, 2.45) is 0 Å². The Morgan fingerprint density at radius 1 is 0.962 bits per heavy atom. The van der Waals surface area contributed by atoms with E-state index in [2.05, 4.69) is 5.43 Å². The van der Waals surface area contributed by atoms with Gasteiger partial charge in [-0.25, -0.2) is 5.01 Å². The fourth-order valence-electron chi connectivity index (χ4n) is 2.47. The molecule has 1 aliphatic heterocycles. The Balaban J connectivity index is 1.94. The maximum atomic E-state index is 12.6.